The smallest absolute Gasteiger partial charge is 0.0654 e. The summed E-state index contributed by atoms with van der Waals surface area (Å²) in [4.78, 5) is 0. The summed E-state index contributed by atoms with van der Waals surface area (Å²) in [6, 6.07) is 0. The first-order chi connectivity index (χ1) is 20.5. The van der Waals surface area contributed by atoms with E-state index in [0.29, 0.717) is 0 Å². The second-order valence-electron chi connectivity index (χ2n) is 14.6. The van der Waals surface area contributed by atoms with Gasteiger partial charge in [0.15, 0.2) is 0 Å². The van der Waals surface area contributed by atoms with E-state index in [1.807, 2.05) is 0 Å². The molecule has 0 spiro atoms. The van der Waals surface area contributed by atoms with E-state index in [0.717, 1.165) is 0 Å². The molecule has 0 aliphatic rings. The zero-order chi connectivity index (χ0) is 30.9. The summed E-state index contributed by atoms with van der Waals surface area (Å²) in [6.45, 7) is 9.37. The van der Waals surface area contributed by atoms with Crippen LogP contribution in [0.15, 0.2) is 0 Å². The fourth-order valence-corrected chi connectivity index (χ4v) is 14.2. The average Bonchev–Trinajstić information content (AvgIpc) is 3.00. The number of hydrogen-bond acceptors (Lipinski definition) is 0. The van der Waals surface area contributed by atoms with Gasteiger partial charge in [0.25, 0.3) is 0 Å². The molecule has 0 fully saturated rings. The van der Waals surface area contributed by atoms with Crippen molar-refractivity contribution in [3.63, 3.8) is 0 Å². The van der Waals surface area contributed by atoms with Crippen LogP contribution in [0, 0.1) is 0 Å². The minimum atomic E-state index is -2.06. The van der Waals surface area contributed by atoms with Crippen molar-refractivity contribution >= 4 is 17.2 Å². The molecule has 0 aromatic heterocycles. The minimum absolute atomic E-state index is 1.31. The van der Waals surface area contributed by atoms with Crippen LogP contribution in [0.4, 0.5) is 0 Å². The Morgan fingerprint density at radius 2 is 0.405 bits per heavy atom. The van der Waals surface area contributed by atoms with Crippen LogP contribution < -0.4 is 0 Å². The predicted molar refractivity (Wildman–Crippen MR) is 203 cm³/mol. The van der Waals surface area contributed by atoms with Crippen molar-refractivity contribution in [3.8, 4) is 0 Å². The van der Waals surface area contributed by atoms with Gasteiger partial charge in [0.2, 0.25) is 0 Å². The number of halogens is 1. The zero-order valence-corrected chi connectivity index (χ0v) is 31.9. The maximum atomic E-state index is 7.99. The summed E-state index contributed by atoms with van der Waals surface area (Å²) < 4.78 is 0. The molecule has 0 unspecified atom stereocenters. The SMILES string of the molecule is CCCCCCCCCCCCCCCCP(Cl)(CCCC)(CCCC)CCCCCCCCCCCCCCCC. The van der Waals surface area contributed by atoms with Crippen molar-refractivity contribution in [2.75, 3.05) is 24.6 Å². The average molecular weight is 632 g/mol. The monoisotopic (exact) mass is 631 g/mol. The summed E-state index contributed by atoms with van der Waals surface area (Å²) >= 11 is 7.99. The summed E-state index contributed by atoms with van der Waals surface area (Å²) in [5.41, 5.74) is 0. The Labute approximate surface area is 274 Å². The molecule has 42 heavy (non-hydrogen) atoms. The van der Waals surface area contributed by atoms with Gasteiger partial charge in [-0.05, 0) is 0 Å². The molecule has 0 atom stereocenters. The Hall–Kier alpha value is 0.720. The summed E-state index contributed by atoms with van der Waals surface area (Å²) in [7, 11) is 0. The van der Waals surface area contributed by atoms with E-state index < -0.39 is 5.96 Å². The van der Waals surface area contributed by atoms with Gasteiger partial charge >= 0.3 is 223 Å². The number of hydrogen-bond donors (Lipinski definition) is 0. The zero-order valence-electron chi connectivity index (χ0n) is 30.3. The predicted octanol–water partition coefficient (Wildman–Crippen LogP) is 16.3. The summed E-state index contributed by atoms with van der Waals surface area (Å²) in [5.74, 6) is -2.06. The van der Waals surface area contributed by atoms with Crippen LogP contribution in [0.1, 0.15) is 233 Å². The van der Waals surface area contributed by atoms with Crippen LogP contribution in [-0.4, -0.2) is 24.6 Å². The van der Waals surface area contributed by atoms with Crippen LogP contribution in [0.3, 0.4) is 0 Å². The molecule has 0 aromatic carbocycles. The molecule has 0 saturated carbocycles. The van der Waals surface area contributed by atoms with Crippen molar-refractivity contribution in [2.45, 2.75) is 233 Å². The Morgan fingerprint density at radius 1 is 0.238 bits per heavy atom. The normalized spacial score (nSPS) is 13.0. The van der Waals surface area contributed by atoms with Crippen molar-refractivity contribution in [1.29, 1.82) is 0 Å². The molecule has 0 heterocycles. The molecule has 0 amide bonds. The molecule has 256 valence electrons. The van der Waals surface area contributed by atoms with Crippen LogP contribution in [0.2, 0.25) is 0 Å². The van der Waals surface area contributed by atoms with Crippen LogP contribution in [0.5, 0.6) is 0 Å². The molecular formula is C40H84ClP. The molecule has 0 bridgehead atoms. The number of rotatable bonds is 36. The number of unbranched alkanes of at least 4 members (excludes halogenated alkanes) is 28. The van der Waals surface area contributed by atoms with Gasteiger partial charge in [-0.2, -0.15) is 0 Å². The van der Waals surface area contributed by atoms with Crippen molar-refractivity contribution in [2.24, 2.45) is 0 Å². The maximum absolute atomic E-state index is 7.99. The third-order valence-electron chi connectivity index (χ3n) is 10.3. The first kappa shape index (κ1) is 42.7. The standard InChI is InChI=1S/C40H84ClP/c1-5-9-13-15-17-19-21-23-25-27-29-31-33-35-39-42(41,37-11-7-3,38-12-8-4)40-36-34-32-30-28-26-24-22-20-18-16-14-10-6-2/h5-40H2,1-4H3. The Balaban J connectivity index is 4.15. The first-order valence-corrected chi connectivity index (χ1v) is 24.1. The van der Waals surface area contributed by atoms with Crippen molar-refractivity contribution in [1.82, 2.24) is 0 Å². The van der Waals surface area contributed by atoms with Crippen LogP contribution in [0.25, 0.3) is 0 Å². The molecule has 0 saturated heterocycles. The van der Waals surface area contributed by atoms with Crippen molar-refractivity contribution in [3.05, 3.63) is 0 Å². The Kier molecular flexibility index (Phi) is 32.2. The van der Waals surface area contributed by atoms with E-state index in [9.17, 15) is 0 Å². The fraction of sp³-hybridized carbons (Fsp3) is 1.00. The van der Waals surface area contributed by atoms with E-state index in [1.54, 1.807) is 0 Å². The van der Waals surface area contributed by atoms with Gasteiger partial charge in [-0.1, -0.05) is 52.4 Å². The van der Waals surface area contributed by atoms with Gasteiger partial charge < -0.3 is 0 Å². The minimum Gasteiger partial charge on any atom is -0.0654 e. The van der Waals surface area contributed by atoms with Crippen molar-refractivity contribution < 1.29 is 0 Å². The molecule has 0 aromatic rings. The molecule has 0 aliphatic heterocycles. The third kappa shape index (κ3) is 27.1. The quantitative estimate of drug-likeness (QED) is 0.0477. The van der Waals surface area contributed by atoms with Gasteiger partial charge in [0, 0.05) is 0 Å². The van der Waals surface area contributed by atoms with Crippen LogP contribution >= 0.6 is 17.2 Å². The first-order valence-electron chi connectivity index (χ1n) is 20.3. The molecule has 0 nitrogen and oxygen atoms in total. The molecule has 0 N–H and O–H groups in total. The van der Waals surface area contributed by atoms with E-state index in [1.165, 1.54) is 230 Å². The fourth-order valence-electron chi connectivity index (χ4n) is 7.18. The Morgan fingerprint density at radius 3 is 0.619 bits per heavy atom. The topological polar surface area (TPSA) is 0 Å². The molecular weight excluding hydrogens is 547 g/mol. The summed E-state index contributed by atoms with van der Waals surface area (Å²) in [5, 5.41) is 0. The van der Waals surface area contributed by atoms with Gasteiger partial charge in [0.05, 0.1) is 0 Å². The Bertz CT molecular complexity index is 474. The molecule has 0 rings (SSSR count). The van der Waals surface area contributed by atoms with Gasteiger partial charge in [-0.3, -0.25) is 0 Å². The summed E-state index contributed by atoms with van der Waals surface area (Å²) in [6.07, 6.45) is 51.5. The van der Waals surface area contributed by atoms with Gasteiger partial charge in [0.1, 0.15) is 0 Å². The third-order valence-corrected chi connectivity index (χ3v) is 18.0. The van der Waals surface area contributed by atoms with E-state index in [2.05, 4.69) is 27.7 Å². The van der Waals surface area contributed by atoms with Crippen LogP contribution in [-0.2, 0) is 0 Å². The van der Waals surface area contributed by atoms with E-state index >= 15 is 0 Å². The van der Waals surface area contributed by atoms with E-state index in [-0.39, 0.29) is 0 Å². The van der Waals surface area contributed by atoms with Gasteiger partial charge in [-0.25, -0.2) is 0 Å². The second-order valence-corrected chi connectivity index (χ2v) is 22.9. The molecule has 0 radical (unpaired) electrons. The van der Waals surface area contributed by atoms with Gasteiger partial charge in [-0.15, -0.1) is 0 Å². The molecule has 0 aliphatic carbocycles. The van der Waals surface area contributed by atoms with E-state index in [4.69, 9.17) is 11.2 Å². The molecule has 2 heteroatoms. The second kappa shape index (κ2) is 31.7.